The number of rotatable bonds is 7. The van der Waals surface area contributed by atoms with E-state index < -0.39 is 0 Å². The van der Waals surface area contributed by atoms with E-state index in [2.05, 4.69) is 15.5 Å². The fourth-order valence-corrected chi connectivity index (χ4v) is 4.73. The molecule has 0 radical (unpaired) electrons. The number of hydrogen-bond donors (Lipinski definition) is 0. The summed E-state index contributed by atoms with van der Waals surface area (Å²) in [6.45, 7) is 1.86. The molecule has 10 heteroatoms. The minimum Gasteiger partial charge on any atom is -0.493 e. The van der Waals surface area contributed by atoms with Crippen LogP contribution in [0.2, 0.25) is 0 Å². The van der Waals surface area contributed by atoms with Gasteiger partial charge < -0.3 is 14.4 Å². The van der Waals surface area contributed by atoms with Crippen LogP contribution in [-0.4, -0.2) is 57.5 Å². The Morgan fingerprint density at radius 1 is 1.24 bits per heavy atom. The molecule has 152 valence electrons. The molecule has 1 aromatic carbocycles. The highest BCUT2D eigenvalue weighted by Crippen LogP contribution is 2.33. The summed E-state index contributed by atoms with van der Waals surface area (Å²) in [6.07, 6.45) is 0.794. The van der Waals surface area contributed by atoms with Crippen molar-refractivity contribution in [3.63, 3.8) is 0 Å². The van der Waals surface area contributed by atoms with Crippen molar-refractivity contribution in [3.05, 3.63) is 45.6 Å². The van der Waals surface area contributed by atoms with E-state index in [1.807, 2.05) is 34.5 Å². The molecule has 2 aromatic heterocycles. The molecule has 0 fully saturated rings. The molecule has 8 nitrogen and oxygen atoms in total. The van der Waals surface area contributed by atoms with Gasteiger partial charge in [-0.25, -0.2) is 4.68 Å². The molecule has 29 heavy (non-hydrogen) atoms. The number of aromatic nitrogens is 4. The van der Waals surface area contributed by atoms with E-state index in [4.69, 9.17) is 9.47 Å². The summed E-state index contributed by atoms with van der Waals surface area (Å²) in [5, 5.41) is 14.5. The van der Waals surface area contributed by atoms with Crippen LogP contribution in [0.5, 0.6) is 11.5 Å². The molecule has 0 aliphatic carbocycles. The number of hydrogen-bond acceptors (Lipinski definition) is 8. The Balaban J connectivity index is 1.39. The van der Waals surface area contributed by atoms with Gasteiger partial charge in [-0.15, -0.1) is 16.4 Å². The van der Waals surface area contributed by atoms with E-state index in [9.17, 15) is 4.79 Å². The van der Waals surface area contributed by atoms with Crippen molar-refractivity contribution in [1.29, 1.82) is 0 Å². The SMILES string of the molecule is COc1cc2c(cc1OC)CN(C(=O)CSc1nnnn1Cc1cccs1)CC2. The van der Waals surface area contributed by atoms with Crippen molar-refractivity contribution in [3.8, 4) is 11.5 Å². The zero-order valence-corrected chi connectivity index (χ0v) is 17.8. The van der Waals surface area contributed by atoms with Crippen molar-refractivity contribution in [2.75, 3.05) is 26.5 Å². The number of fused-ring (bicyclic) bond motifs is 1. The molecule has 1 aliphatic rings. The lowest BCUT2D eigenvalue weighted by Gasteiger charge is -2.29. The van der Waals surface area contributed by atoms with Gasteiger partial charge in [0.2, 0.25) is 11.1 Å². The monoisotopic (exact) mass is 431 g/mol. The fourth-order valence-electron chi connectivity index (χ4n) is 3.26. The van der Waals surface area contributed by atoms with Crippen molar-refractivity contribution in [1.82, 2.24) is 25.1 Å². The first-order valence-electron chi connectivity index (χ1n) is 9.11. The van der Waals surface area contributed by atoms with Gasteiger partial charge in [0.15, 0.2) is 11.5 Å². The minimum atomic E-state index is 0.0705. The van der Waals surface area contributed by atoms with Gasteiger partial charge in [-0.3, -0.25) is 4.79 Å². The van der Waals surface area contributed by atoms with Gasteiger partial charge in [-0.1, -0.05) is 17.8 Å². The molecule has 0 spiro atoms. The topological polar surface area (TPSA) is 82.4 Å². The number of carbonyl (C=O) groups is 1. The van der Waals surface area contributed by atoms with Crippen LogP contribution >= 0.6 is 23.1 Å². The van der Waals surface area contributed by atoms with E-state index >= 15 is 0 Å². The maximum atomic E-state index is 12.8. The maximum absolute atomic E-state index is 12.8. The molecular weight excluding hydrogens is 410 g/mol. The molecule has 1 aliphatic heterocycles. The molecule has 3 heterocycles. The van der Waals surface area contributed by atoms with Crippen molar-refractivity contribution in [2.24, 2.45) is 0 Å². The number of nitrogens with zero attached hydrogens (tertiary/aromatic N) is 5. The third-order valence-electron chi connectivity index (χ3n) is 4.78. The average molecular weight is 432 g/mol. The molecule has 4 rings (SSSR count). The number of ether oxygens (including phenoxy) is 2. The lowest BCUT2D eigenvalue weighted by molar-refractivity contribution is -0.129. The van der Waals surface area contributed by atoms with Crippen molar-refractivity contribution >= 4 is 29.0 Å². The predicted molar refractivity (Wildman–Crippen MR) is 111 cm³/mol. The number of methoxy groups -OCH3 is 2. The quantitative estimate of drug-likeness (QED) is 0.532. The second-order valence-corrected chi connectivity index (χ2v) is 8.50. The molecule has 0 atom stereocenters. The van der Waals surface area contributed by atoms with E-state index in [1.165, 1.54) is 22.2 Å². The van der Waals surface area contributed by atoms with E-state index in [0.717, 1.165) is 17.7 Å². The largest absolute Gasteiger partial charge is 0.493 e. The number of thioether (sulfide) groups is 1. The summed E-state index contributed by atoms with van der Waals surface area (Å²) in [4.78, 5) is 15.8. The lowest BCUT2D eigenvalue weighted by Crippen LogP contribution is -2.37. The van der Waals surface area contributed by atoms with Crippen LogP contribution in [0.4, 0.5) is 0 Å². The number of thiophene rings is 1. The summed E-state index contributed by atoms with van der Waals surface area (Å²) in [5.74, 6) is 1.77. The first-order chi connectivity index (χ1) is 14.2. The van der Waals surface area contributed by atoms with Crippen LogP contribution in [-0.2, 0) is 24.3 Å². The number of amides is 1. The fraction of sp³-hybridized carbons (Fsp3) is 0.368. The Labute approximate surface area is 176 Å². The second-order valence-electron chi connectivity index (χ2n) is 6.53. The summed E-state index contributed by atoms with van der Waals surface area (Å²) in [5.41, 5.74) is 2.29. The lowest BCUT2D eigenvalue weighted by atomic mass is 9.99. The molecule has 0 saturated carbocycles. The highest BCUT2D eigenvalue weighted by atomic mass is 32.2. The Hall–Kier alpha value is -2.59. The zero-order chi connectivity index (χ0) is 20.2. The van der Waals surface area contributed by atoms with Crippen LogP contribution < -0.4 is 9.47 Å². The van der Waals surface area contributed by atoms with Crippen LogP contribution in [0.1, 0.15) is 16.0 Å². The summed E-state index contributed by atoms with van der Waals surface area (Å²) in [6, 6.07) is 8.01. The van der Waals surface area contributed by atoms with Gasteiger partial charge in [-0.05, 0) is 51.6 Å². The number of tetrazole rings is 1. The predicted octanol–water partition coefficient (Wildman–Crippen LogP) is 2.48. The second kappa shape index (κ2) is 8.83. The standard InChI is InChI=1S/C19H21N5O3S2/c1-26-16-8-13-5-6-23(10-14(13)9-17(16)27-2)18(25)12-29-19-20-21-22-24(19)11-15-4-3-7-28-15/h3-4,7-9H,5-6,10-12H2,1-2H3. The normalized spacial score (nSPS) is 13.2. The van der Waals surface area contributed by atoms with Crippen LogP contribution in [0.25, 0.3) is 0 Å². The zero-order valence-electron chi connectivity index (χ0n) is 16.2. The van der Waals surface area contributed by atoms with Gasteiger partial charge in [-0.2, -0.15) is 0 Å². The molecule has 0 saturated heterocycles. The molecular formula is C19H21N5O3S2. The average Bonchev–Trinajstić information content (AvgIpc) is 3.43. The highest BCUT2D eigenvalue weighted by Gasteiger charge is 2.23. The van der Waals surface area contributed by atoms with Gasteiger partial charge in [0.25, 0.3) is 0 Å². The first kappa shape index (κ1) is 19.7. The third-order valence-corrected chi connectivity index (χ3v) is 6.58. The van der Waals surface area contributed by atoms with Crippen LogP contribution in [0.3, 0.4) is 0 Å². The van der Waals surface area contributed by atoms with E-state index in [-0.39, 0.29) is 5.91 Å². The molecule has 0 N–H and O–H groups in total. The van der Waals surface area contributed by atoms with Gasteiger partial charge >= 0.3 is 0 Å². The molecule has 3 aromatic rings. The Bertz CT molecular complexity index is 990. The summed E-state index contributed by atoms with van der Waals surface area (Å²) >= 11 is 3.02. The van der Waals surface area contributed by atoms with Crippen LogP contribution in [0.15, 0.2) is 34.8 Å². The van der Waals surface area contributed by atoms with Crippen molar-refractivity contribution in [2.45, 2.75) is 24.7 Å². The first-order valence-corrected chi connectivity index (χ1v) is 11.0. The summed E-state index contributed by atoms with van der Waals surface area (Å²) in [7, 11) is 3.25. The van der Waals surface area contributed by atoms with E-state index in [0.29, 0.717) is 36.3 Å². The van der Waals surface area contributed by atoms with Crippen molar-refractivity contribution < 1.29 is 14.3 Å². The van der Waals surface area contributed by atoms with Crippen LogP contribution in [0, 0.1) is 0 Å². The van der Waals surface area contributed by atoms with E-state index in [1.54, 1.807) is 30.2 Å². The van der Waals surface area contributed by atoms with Gasteiger partial charge in [0, 0.05) is 18.0 Å². The third kappa shape index (κ3) is 4.38. The Kier molecular flexibility index (Phi) is 6.00. The maximum Gasteiger partial charge on any atom is 0.233 e. The van der Waals surface area contributed by atoms with Gasteiger partial charge in [0.05, 0.1) is 26.5 Å². The Morgan fingerprint density at radius 3 is 2.76 bits per heavy atom. The highest BCUT2D eigenvalue weighted by molar-refractivity contribution is 7.99. The molecule has 1 amide bonds. The van der Waals surface area contributed by atoms with Gasteiger partial charge in [0.1, 0.15) is 0 Å². The number of carbonyl (C=O) groups excluding carboxylic acids is 1. The Morgan fingerprint density at radius 2 is 2.03 bits per heavy atom. The summed E-state index contributed by atoms with van der Waals surface area (Å²) < 4.78 is 12.5. The molecule has 0 unspecified atom stereocenters. The minimum absolute atomic E-state index is 0.0705. The molecule has 0 bridgehead atoms. The number of benzene rings is 1. The smallest absolute Gasteiger partial charge is 0.233 e.